The predicted molar refractivity (Wildman–Crippen MR) is 67.4 cm³/mol. The summed E-state index contributed by atoms with van der Waals surface area (Å²) in [4.78, 5) is 0. The van der Waals surface area contributed by atoms with Crippen molar-refractivity contribution in [3.05, 3.63) is 29.8 Å². The summed E-state index contributed by atoms with van der Waals surface area (Å²) in [7, 11) is -3.12. The predicted octanol–water partition coefficient (Wildman–Crippen LogP) is 0.592. The van der Waals surface area contributed by atoms with Crippen molar-refractivity contribution in [3.63, 3.8) is 0 Å². The molecule has 5 nitrogen and oxygen atoms in total. The minimum Gasteiger partial charge on any atom is -0.508 e. The van der Waals surface area contributed by atoms with E-state index in [9.17, 15) is 8.42 Å². The highest BCUT2D eigenvalue weighted by Gasteiger charge is 2.05. The molecule has 0 spiro atoms. The van der Waals surface area contributed by atoms with Crippen LogP contribution >= 0.6 is 0 Å². The van der Waals surface area contributed by atoms with Crippen molar-refractivity contribution >= 4 is 10.0 Å². The molecular weight excluding hydrogens is 240 g/mol. The quantitative estimate of drug-likeness (QED) is 0.653. The molecule has 0 heterocycles. The maximum Gasteiger partial charge on any atom is 0.208 e. The first-order valence-electron chi connectivity index (χ1n) is 5.35. The smallest absolute Gasteiger partial charge is 0.208 e. The summed E-state index contributed by atoms with van der Waals surface area (Å²) in [5, 5.41) is 12.3. The monoisotopic (exact) mass is 258 g/mol. The van der Waals surface area contributed by atoms with Gasteiger partial charge in [0.1, 0.15) is 5.75 Å². The first kappa shape index (κ1) is 14.0. The van der Waals surface area contributed by atoms with Crippen LogP contribution in [0.15, 0.2) is 24.3 Å². The summed E-state index contributed by atoms with van der Waals surface area (Å²) in [6, 6.07) is 7.02. The number of hydrogen-bond acceptors (Lipinski definition) is 4. The Bertz CT molecular complexity index is 442. The molecule has 1 rings (SSSR count). The van der Waals surface area contributed by atoms with Crippen LogP contribution in [0.3, 0.4) is 0 Å². The lowest BCUT2D eigenvalue weighted by molar-refractivity contribution is 0.474. The second-order valence-corrected chi connectivity index (χ2v) is 5.77. The number of phenols is 1. The van der Waals surface area contributed by atoms with Crippen LogP contribution in [0.1, 0.15) is 18.5 Å². The van der Waals surface area contributed by atoms with Crippen LogP contribution in [0.2, 0.25) is 0 Å². The molecule has 0 aliphatic rings. The van der Waals surface area contributed by atoms with E-state index in [1.165, 1.54) is 0 Å². The average Bonchev–Trinajstić information content (AvgIpc) is 2.24. The van der Waals surface area contributed by atoms with Gasteiger partial charge in [0.05, 0.1) is 6.26 Å². The molecule has 0 radical (unpaired) electrons. The fourth-order valence-electron chi connectivity index (χ4n) is 1.41. The van der Waals surface area contributed by atoms with Gasteiger partial charge in [-0.2, -0.15) is 0 Å². The second-order valence-electron chi connectivity index (χ2n) is 3.93. The van der Waals surface area contributed by atoms with Crippen molar-refractivity contribution in [1.82, 2.24) is 10.0 Å². The molecular formula is C11H18N2O3S. The third-order valence-corrected chi connectivity index (χ3v) is 3.06. The topological polar surface area (TPSA) is 78.4 Å². The van der Waals surface area contributed by atoms with E-state index in [4.69, 9.17) is 5.11 Å². The van der Waals surface area contributed by atoms with Gasteiger partial charge in [-0.3, -0.25) is 0 Å². The molecule has 0 aliphatic carbocycles. The van der Waals surface area contributed by atoms with Crippen LogP contribution in [-0.4, -0.2) is 32.9 Å². The van der Waals surface area contributed by atoms with Crippen molar-refractivity contribution in [2.45, 2.75) is 13.0 Å². The number of phenolic OH excluding ortho intramolecular Hbond substituents is 1. The molecule has 6 heteroatoms. The van der Waals surface area contributed by atoms with Crippen LogP contribution in [0.5, 0.6) is 5.75 Å². The first-order valence-corrected chi connectivity index (χ1v) is 7.24. The minimum atomic E-state index is -3.12. The van der Waals surface area contributed by atoms with Crippen molar-refractivity contribution < 1.29 is 13.5 Å². The molecule has 17 heavy (non-hydrogen) atoms. The number of nitrogens with one attached hydrogen (secondary N) is 2. The van der Waals surface area contributed by atoms with E-state index in [0.717, 1.165) is 11.8 Å². The molecule has 0 saturated heterocycles. The Kier molecular flexibility index (Phi) is 4.92. The highest BCUT2D eigenvalue weighted by atomic mass is 32.2. The van der Waals surface area contributed by atoms with Crippen LogP contribution in [0.4, 0.5) is 0 Å². The summed E-state index contributed by atoms with van der Waals surface area (Å²) >= 11 is 0. The van der Waals surface area contributed by atoms with Gasteiger partial charge < -0.3 is 10.4 Å². The third kappa shape index (κ3) is 5.67. The summed E-state index contributed by atoms with van der Waals surface area (Å²) in [5.41, 5.74) is 1.04. The van der Waals surface area contributed by atoms with Crippen molar-refractivity contribution in [2.75, 3.05) is 19.3 Å². The van der Waals surface area contributed by atoms with Gasteiger partial charge in [0, 0.05) is 19.1 Å². The highest BCUT2D eigenvalue weighted by molar-refractivity contribution is 7.88. The second kappa shape index (κ2) is 6.00. The van der Waals surface area contributed by atoms with Crippen molar-refractivity contribution in [3.8, 4) is 5.75 Å². The fourth-order valence-corrected chi connectivity index (χ4v) is 1.88. The number of benzene rings is 1. The maximum absolute atomic E-state index is 10.8. The van der Waals surface area contributed by atoms with E-state index in [-0.39, 0.29) is 11.8 Å². The molecule has 0 amide bonds. The molecule has 96 valence electrons. The molecule has 0 fully saturated rings. The highest BCUT2D eigenvalue weighted by Crippen LogP contribution is 2.15. The van der Waals surface area contributed by atoms with Gasteiger partial charge in [-0.25, -0.2) is 13.1 Å². The van der Waals surface area contributed by atoms with Crippen molar-refractivity contribution in [2.24, 2.45) is 0 Å². The molecule has 1 aromatic carbocycles. The Labute approximate surface area is 102 Å². The molecule has 3 N–H and O–H groups in total. The van der Waals surface area contributed by atoms with E-state index < -0.39 is 10.0 Å². The Morgan fingerprint density at radius 3 is 2.35 bits per heavy atom. The zero-order valence-corrected chi connectivity index (χ0v) is 10.8. The lowest BCUT2D eigenvalue weighted by Crippen LogP contribution is -2.32. The van der Waals surface area contributed by atoms with Gasteiger partial charge >= 0.3 is 0 Å². The van der Waals surface area contributed by atoms with E-state index in [2.05, 4.69) is 10.0 Å². The summed E-state index contributed by atoms with van der Waals surface area (Å²) in [6.07, 6.45) is 1.14. The average molecular weight is 258 g/mol. The van der Waals surface area contributed by atoms with Crippen LogP contribution < -0.4 is 10.0 Å². The Morgan fingerprint density at radius 1 is 1.24 bits per heavy atom. The number of hydrogen-bond donors (Lipinski definition) is 3. The Morgan fingerprint density at radius 2 is 1.82 bits per heavy atom. The summed E-state index contributed by atoms with van der Waals surface area (Å²) in [6.45, 7) is 2.89. The van der Waals surface area contributed by atoms with E-state index in [1.54, 1.807) is 12.1 Å². The van der Waals surface area contributed by atoms with Crippen LogP contribution in [-0.2, 0) is 10.0 Å². The van der Waals surface area contributed by atoms with Gasteiger partial charge in [0.25, 0.3) is 0 Å². The van der Waals surface area contributed by atoms with E-state index >= 15 is 0 Å². The van der Waals surface area contributed by atoms with Gasteiger partial charge in [-0.05, 0) is 24.6 Å². The Hall–Kier alpha value is -1.11. The third-order valence-electron chi connectivity index (χ3n) is 2.33. The molecule has 1 atom stereocenters. The summed E-state index contributed by atoms with van der Waals surface area (Å²) in [5.74, 6) is 0.236. The van der Waals surface area contributed by atoms with Crippen molar-refractivity contribution in [1.29, 1.82) is 0 Å². The molecule has 0 saturated carbocycles. The zero-order chi connectivity index (χ0) is 12.9. The maximum atomic E-state index is 10.8. The van der Waals surface area contributed by atoms with E-state index in [1.807, 2.05) is 19.1 Å². The normalized spacial score (nSPS) is 13.5. The van der Waals surface area contributed by atoms with Gasteiger partial charge in [-0.15, -0.1) is 0 Å². The molecule has 0 aromatic heterocycles. The van der Waals surface area contributed by atoms with Gasteiger partial charge in [0.2, 0.25) is 10.0 Å². The first-order chi connectivity index (χ1) is 7.88. The molecule has 1 aromatic rings. The largest absolute Gasteiger partial charge is 0.508 e. The summed E-state index contributed by atoms with van der Waals surface area (Å²) < 4.78 is 24.0. The van der Waals surface area contributed by atoms with E-state index in [0.29, 0.717) is 13.1 Å². The standard InChI is InChI=1S/C11H18N2O3S/c1-9(10-3-5-11(14)6-4-10)12-7-8-13-17(2,15)16/h3-6,9,12-14H,7-8H2,1-2H3. The van der Waals surface area contributed by atoms with Crippen LogP contribution in [0.25, 0.3) is 0 Å². The van der Waals surface area contributed by atoms with Gasteiger partial charge in [0.15, 0.2) is 0 Å². The lowest BCUT2D eigenvalue weighted by Gasteiger charge is -2.14. The number of rotatable bonds is 6. The Balaban J connectivity index is 2.35. The SMILES string of the molecule is CC(NCCNS(C)(=O)=O)c1ccc(O)cc1. The lowest BCUT2D eigenvalue weighted by atomic mass is 10.1. The fraction of sp³-hybridized carbons (Fsp3) is 0.455. The zero-order valence-electron chi connectivity index (χ0n) is 9.97. The number of aromatic hydroxyl groups is 1. The molecule has 1 unspecified atom stereocenters. The van der Waals surface area contributed by atoms with Gasteiger partial charge in [-0.1, -0.05) is 12.1 Å². The molecule has 0 aliphatic heterocycles. The molecule has 0 bridgehead atoms. The number of sulfonamides is 1. The minimum absolute atomic E-state index is 0.108. The van der Waals surface area contributed by atoms with Crippen LogP contribution in [0, 0.1) is 0 Å².